The Hall–Kier alpha value is -1.81. The minimum atomic E-state index is -2.34. The van der Waals surface area contributed by atoms with Crippen molar-refractivity contribution >= 4 is 5.97 Å². The van der Waals surface area contributed by atoms with Crippen molar-refractivity contribution in [2.45, 2.75) is 127 Å². The topological polar surface area (TPSA) is 137 Å². The SMILES string of the molecule is CCCCCCCC/C=C\CCCCCCCC(=O)Oc1ccc([C@@]2(O)O[C@H](CO)[C@@H](O)[C@H](O)[C@H]2O)cc1. The number of benzene rings is 1. The third-order valence-corrected chi connectivity index (χ3v) is 7.11. The Bertz CT molecular complexity index is 809. The van der Waals surface area contributed by atoms with Crippen LogP contribution in [-0.4, -0.2) is 62.5 Å². The van der Waals surface area contributed by atoms with E-state index in [4.69, 9.17) is 9.47 Å². The van der Waals surface area contributed by atoms with Gasteiger partial charge >= 0.3 is 5.97 Å². The summed E-state index contributed by atoms with van der Waals surface area (Å²) in [7, 11) is 0. The molecule has 0 aliphatic carbocycles. The molecule has 0 unspecified atom stereocenters. The van der Waals surface area contributed by atoms with Crippen molar-refractivity contribution in [3.63, 3.8) is 0 Å². The van der Waals surface area contributed by atoms with Crippen molar-refractivity contribution in [3.05, 3.63) is 42.0 Å². The van der Waals surface area contributed by atoms with Crippen LogP contribution in [0.5, 0.6) is 5.75 Å². The number of carbonyl (C=O) groups is 1. The van der Waals surface area contributed by atoms with E-state index in [2.05, 4.69) is 19.1 Å². The number of hydrogen-bond donors (Lipinski definition) is 5. The minimum Gasteiger partial charge on any atom is -0.427 e. The van der Waals surface area contributed by atoms with Crippen LogP contribution in [0.1, 0.15) is 102 Å². The first-order valence-electron chi connectivity index (χ1n) is 14.3. The number of aliphatic hydroxyl groups excluding tert-OH is 4. The maximum absolute atomic E-state index is 12.2. The van der Waals surface area contributed by atoms with Crippen molar-refractivity contribution in [1.29, 1.82) is 0 Å². The maximum Gasteiger partial charge on any atom is 0.311 e. The molecule has 1 saturated heterocycles. The number of esters is 1. The molecular formula is C30H48O8. The predicted octanol–water partition coefficient (Wildman–Crippen LogP) is 4.25. The second-order valence-electron chi connectivity index (χ2n) is 10.3. The molecule has 1 aliphatic heterocycles. The van der Waals surface area contributed by atoms with Crippen molar-refractivity contribution in [2.24, 2.45) is 0 Å². The number of aliphatic hydroxyl groups is 5. The van der Waals surface area contributed by atoms with Gasteiger partial charge in [0.15, 0.2) is 0 Å². The Balaban J connectivity index is 1.59. The van der Waals surface area contributed by atoms with Gasteiger partial charge in [0.2, 0.25) is 5.79 Å². The zero-order valence-corrected chi connectivity index (χ0v) is 22.8. The first-order valence-corrected chi connectivity index (χ1v) is 14.3. The lowest BCUT2D eigenvalue weighted by atomic mass is 9.88. The standard InChI is InChI=1S/C30H48O8/c1-2-3-4-5-6-7-8-9-10-11-12-13-14-15-16-17-26(32)37-24-20-18-23(19-21-24)30(36)29(35)28(34)27(33)25(22-31)38-30/h9-10,18-21,25,27-29,31,33-36H,2-8,11-17,22H2,1H3/b10-9-/t25-,27-,28+,29-,30-/m1/s1. The van der Waals surface area contributed by atoms with Gasteiger partial charge in [0.05, 0.1) is 6.61 Å². The van der Waals surface area contributed by atoms with Crippen LogP contribution in [0.3, 0.4) is 0 Å². The van der Waals surface area contributed by atoms with E-state index in [-0.39, 0.29) is 17.3 Å². The molecule has 216 valence electrons. The Labute approximate surface area is 227 Å². The van der Waals surface area contributed by atoms with Gasteiger partial charge in [-0.1, -0.05) is 70.4 Å². The molecule has 1 aromatic carbocycles. The molecule has 1 aliphatic rings. The molecule has 1 fully saturated rings. The quantitative estimate of drug-likeness (QED) is 0.0813. The van der Waals surface area contributed by atoms with Crippen LogP contribution < -0.4 is 4.74 Å². The van der Waals surface area contributed by atoms with Crippen LogP contribution in [0.2, 0.25) is 0 Å². The highest BCUT2D eigenvalue weighted by Crippen LogP contribution is 2.36. The summed E-state index contributed by atoms with van der Waals surface area (Å²) in [6.45, 7) is 1.59. The maximum atomic E-state index is 12.2. The van der Waals surface area contributed by atoms with Crippen molar-refractivity contribution in [3.8, 4) is 5.75 Å². The van der Waals surface area contributed by atoms with Gasteiger partial charge in [-0.15, -0.1) is 0 Å². The molecular weight excluding hydrogens is 488 g/mol. The van der Waals surface area contributed by atoms with E-state index in [0.717, 1.165) is 32.1 Å². The Morgan fingerprint density at radius 1 is 0.868 bits per heavy atom. The van der Waals surface area contributed by atoms with Gasteiger partial charge in [-0.05, 0) is 56.4 Å². The number of unbranched alkanes of at least 4 members (excludes halogenated alkanes) is 11. The normalized spacial score (nSPS) is 25.6. The Kier molecular flexibility index (Phi) is 15.1. The second kappa shape index (κ2) is 17.7. The summed E-state index contributed by atoms with van der Waals surface area (Å²) in [5, 5.41) is 50.3. The highest BCUT2D eigenvalue weighted by Gasteiger charge is 2.53. The average molecular weight is 537 g/mol. The largest absolute Gasteiger partial charge is 0.427 e. The molecule has 0 amide bonds. The highest BCUT2D eigenvalue weighted by atomic mass is 16.7. The monoisotopic (exact) mass is 536 g/mol. The van der Waals surface area contributed by atoms with E-state index in [1.165, 1.54) is 75.6 Å². The number of carbonyl (C=O) groups excluding carboxylic acids is 1. The average Bonchev–Trinajstić information content (AvgIpc) is 2.92. The first-order chi connectivity index (χ1) is 18.3. The summed E-state index contributed by atoms with van der Waals surface area (Å²) in [5.41, 5.74) is 0.0893. The molecule has 8 heteroatoms. The third kappa shape index (κ3) is 10.4. The Morgan fingerprint density at radius 2 is 1.42 bits per heavy atom. The summed E-state index contributed by atoms with van der Waals surface area (Å²) < 4.78 is 10.7. The predicted molar refractivity (Wildman–Crippen MR) is 145 cm³/mol. The van der Waals surface area contributed by atoms with Crippen LogP contribution in [0, 0.1) is 0 Å². The number of rotatable bonds is 18. The molecule has 0 spiro atoms. The summed E-state index contributed by atoms with van der Waals surface area (Å²) in [5.74, 6) is -2.40. The lowest BCUT2D eigenvalue weighted by Crippen LogP contribution is -2.63. The first kappa shape index (κ1) is 32.4. The fourth-order valence-corrected chi connectivity index (χ4v) is 4.68. The van der Waals surface area contributed by atoms with E-state index >= 15 is 0 Å². The zero-order chi connectivity index (χ0) is 27.8. The zero-order valence-electron chi connectivity index (χ0n) is 22.8. The van der Waals surface area contributed by atoms with Crippen LogP contribution in [0.15, 0.2) is 36.4 Å². The van der Waals surface area contributed by atoms with Crippen LogP contribution >= 0.6 is 0 Å². The molecule has 0 aromatic heterocycles. The molecule has 0 saturated carbocycles. The van der Waals surface area contributed by atoms with Crippen LogP contribution in [0.4, 0.5) is 0 Å². The fraction of sp³-hybridized carbons (Fsp3) is 0.700. The number of ether oxygens (including phenoxy) is 2. The van der Waals surface area contributed by atoms with Crippen LogP contribution in [-0.2, 0) is 15.3 Å². The highest BCUT2D eigenvalue weighted by molar-refractivity contribution is 5.72. The molecule has 2 rings (SSSR count). The molecule has 0 radical (unpaired) electrons. The molecule has 38 heavy (non-hydrogen) atoms. The summed E-state index contributed by atoms with van der Waals surface area (Å²) >= 11 is 0. The number of allylic oxidation sites excluding steroid dienone is 2. The van der Waals surface area contributed by atoms with Gasteiger partial charge in [-0.25, -0.2) is 0 Å². The van der Waals surface area contributed by atoms with E-state index in [1.807, 2.05) is 0 Å². The lowest BCUT2D eigenvalue weighted by molar-refractivity contribution is -0.357. The van der Waals surface area contributed by atoms with Gasteiger partial charge in [0, 0.05) is 12.0 Å². The minimum absolute atomic E-state index is 0.0893. The molecule has 1 aromatic rings. The summed E-state index contributed by atoms with van der Waals surface area (Å²) in [4.78, 5) is 12.2. The molecule has 5 atom stereocenters. The lowest BCUT2D eigenvalue weighted by Gasteiger charge is -2.45. The van der Waals surface area contributed by atoms with Crippen molar-refractivity contribution < 1.29 is 39.8 Å². The van der Waals surface area contributed by atoms with Gasteiger partial charge in [0.25, 0.3) is 0 Å². The second-order valence-corrected chi connectivity index (χ2v) is 10.3. The van der Waals surface area contributed by atoms with Gasteiger partial charge in [0.1, 0.15) is 30.2 Å². The third-order valence-electron chi connectivity index (χ3n) is 7.11. The van der Waals surface area contributed by atoms with Gasteiger partial charge < -0.3 is 35.0 Å². The van der Waals surface area contributed by atoms with E-state index in [0.29, 0.717) is 6.42 Å². The van der Waals surface area contributed by atoms with Crippen molar-refractivity contribution in [1.82, 2.24) is 0 Å². The molecule has 5 N–H and O–H groups in total. The van der Waals surface area contributed by atoms with E-state index in [9.17, 15) is 30.3 Å². The van der Waals surface area contributed by atoms with Gasteiger partial charge in [-0.3, -0.25) is 4.79 Å². The fourth-order valence-electron chi connectivity index (χ4n) is 4.68. The summed E-state index contributed by atoms with van der Waals surface area (Å²) in [6, 6.07) is 5.69. The van der Waals surface area contributed by atoms with Gasteiger partial charge in [-0.2, -0.15) is 0 Å². The molecule has 8 nitrogen and oxygen atoms in total. The summed E-state index contributed by atoms with van der Waals surface area (Å²) in [6.07, 6.45) is 14.0. The smallest absolute Gasteiger partial charge is 0.311 e. The van der Waals surface area contributed by atoms with Crippen molar-refractivity contribution in [2.75, 3.05) is 6.61 Å². The molecule has 1 heterocycles. The van der Waals surface area contributed by atoms with Crippen LogP contribution in [0.25, 0.3) is 0 Å². The van der Waals surface area contributed by atoms with E-state index in [1.54, 1.807) is 0 Å². The Morgan fingerprint density at radius 3 is 2.00 bits per heavy atom. The number of hydrogen-bond acceptors (Lipinski definition) is 8. The molecule has 0 bridgehead atoms. The van der Waals surface area contributed by atoms with E-state index < -0.39 is 36.8 Å².